The zero-order chi connectivity index (χ0) is 20.3. The summed E-state index contributed by atoms with van der Waals surface area (Å²) in [5.74, 6) is 0.443. The van der Waals surface area contributed by atoms with E-state index in [1.165, 1.54) is 17.0 Å². The Kier molecular flexibility index (Phi) is 6.26. The van der Waals surface area contributed by atoms with E-state index in [1.807, 2.05) is 12.1 Å². The van der Waals surface area contributed by atoms with Crippen LogP contribution in [0, 0.1) is 0 Å². The molecule has 1 aliphatic heterocycles. The zero-order valence-electron chi connectivity index (χ0n) is 15.1. The monoisotopic (exact) mass is 480 g/mol. The molecule has 1 saturated heterocycles. The van der Waals surface area contributed by atoms with Crippen molar-refractivity contribution in [2.45, 2.75) is 11.8 Å². The molecule has 0 unspecified atom stereocenters. The maximum Gasteiger partial charge on any atom is 0.284 e. The van der Waals surface area contributed by atoms with E-state index >= 15 is 0 Å². The number of carbonyl (C=O) groups is 1. The van der Waals surface area contributed by atoms with Gasteiger partial charge in [0.1, 0.15) is 5.75 Å². The molecule has 28 heavy (non-hydrogen) atoms. The van der Waals surface area contributed by atoms with E-state index in [-0.39, 0.29) is 16.0 Å². The van der Waals surface area contributed by atoms with Crippen LogP contribution < -0.4 is 4.74 Å². The Labute approximate surface area is 176 Å². The molecule has 0 spiro atoms. The maximum absolute atomic E-state index is 12.7. The number of nitrogens with zero attached hydrogens (tertiary/aromatic N) is 2. The summed E-state index contributed by atoms with van der Waals surface area (Å²) < 4.78 is 35.0. The summed E-state index contributed by atoms with van der Waals surface area (Å²) >= 11 is 4.32. The third-order valence-corrected chi connectivity index (χ3v) is 6.86. The van der Waals surface area contributed by atoms with Crippen LogP contribution in [-0.4, -0.2) is 38.0 Å². The second-order valence-corrected chi connectivity index (χ2v) is 9.26. The minimum absolute atomic E-state index is 0.0693. The number of carbonyl (C=O) groups excluding carboxylic acids is 1. The van der Waals surface area contributed by atoms with E-state index in [0.717, 1.165) is 21.8 Å². The molecule has 1 heterocycles. The summed E-state index contributed by atoms with van der Waals surface area (Å²) in [6.07, 6.45) is 1.71. The Hall–Kier alpha value is -2.10. The second kappa shape index (κ2) is 8.50. The molecule has 146 valence electrons. The number of amidine groups is 1. The SMILES string of the molecule is CCN1C(=O)C(=Cc2ccc(OC)cc2)SC1=NS(=O)(=O)c1ccc(Br)cc1. The summed E-state index contributed by atoms with van der Waals surface area (Å²) in [6.45, 7) is 2.09. The quantitative estimate of drug-likeness (QED) is 0.601. The number of amides is 1. The van der Waals surface area contributed by atoms with Crippen molar-refractivity contribution in [3.63, 3.8) is 0 Å². The molecule has 0 radical (unpaired) electrons. The predicted molar refractivity (Wildman–Crippen MR) is 115 cm³/mol. The van der Waals surface area contributed by atoms with Crippen LogP contribution in [0.5, 0.6) is 5.75 Å². The molecular weight excluding hydrogens is 464 g/mol. The third-order valence-electron chi connectivity index (χ3n) is 3.93. The lowest BCUT2D eigenvalue weighted by Gasteiger charge is -2.11. The van der Waals surface area contributed by atoms with Crippen LogP contribution >= 0.6 is 27.7 Å². The fourth-order valence-electron chi connectivity index (χ4n) is 2.47. The number of ether oxygens (including phenoxy) is 1. The summed E-state index contributed by atoms with van der Waals surface area (Å²) in [5, 5.41) is 0.148. The normalized spacial score (nSPS) is 17.5. The Morgan fingerprint density at radius 3 is 2.36 bits per heavy atom. The fourth-order valence-corrected chi connectivity index (χ4v) is 4.98. The molecule has 2 aromatic carbocycles. The van der Waals surface area contributed by atoms with Gasteiger partial charge < -0.3 is 4.74 Å². The first-order valence-electron chi connectivity index (χ1n) is 8.30. The van der Waals surface area contributed by atoms with Crippen LogP contribution in [0.25, 0.3) is 6.08 Å². The van der Waals surface area contributed by atoms with E-state index in [1.54, 1.807) is 44.4 Å². The number of rotatable bonds is 5. The van der Waals surface area contributed by atoms with Crippen LogP contribution in [0.3, 0.4) is 0 Å². The molecule has 1 amide bonds. The molecule has 0 N–H and O–H groups in total. The van der Waals surface area contributed by atoms with Crippen molar-refractivity contribution in [1.82, 2.24) is 4.90 Å². The van der Waals surface area contributed by atoms with Crippen LogP contribution in [0.4, 0.5) is 0 Å². The molecule has 0 aliphatic carbocycles. The molecule has 3 rings (SSSR count). The molecule has 9 heteroatoms. The maximum atomic E-state index is 12.7. The van der Waals surface area contributed by atoms with Gasteiger partial charge in [-0.05, 0) is 66.7 Å². The van der Waals surface area contributed by atoms with Crippen molar-refractivity contribution >= 4 is 54.9 Å². The van der Waals surface area contributed by atoms with Crippen molar-refractivity contribution in [2.24, 2.45) is 4.40 Å². The van der Waals surface area contributed by atoms with Gasteiger partial charge in [-0.3, -0.25) is 9.69 Å². The molecule has 0 bridgehead atoms. The van der Waals surface area contributed by atoms with E-state index in [9.17, 15) is 13.2 Å². The Morgan fingerprint density at radius 2 is 1.79 bits per heavy atom. The number of halogens is 1. The predicted octanol–water partition coefficient (Wildman–Crippen LogP) is 4.14. The van der Waals surface area contributed by atoms with E-state index < -0.39 is 10.0 Å². The van der Waals surface area contributed by atoms with Gasteiger partial charge in [0.2, 0.25) is 0 Å². The standard InChI is InChI=1S/C19H17BrN2O4S2/c1-3-22-18(23)17(12-13-4-8-15(26-2)9-5-13)27-19(22)21-28(24,25)16-10-6-14(20)7-11-16/h4-12H,3H2,1-2H3. The van der Waals surface area contributed by atoms with Crippen molar-refractivity contribution in [3.05, 3.63) is 63.5 Å². The number of methoxy groups -OCH3 is 1. The number of thioether (sulfide) groups is 1. The Balaban J connectivity index is 1.93. The minimum atomic E-state index is -3.92. The first-order chi connectivity index (χ1) is 13.3. The first kappa shape index (κ1) is 20.6. The van der Waals surface area contributed by atoms with Crippen LogP contribution in [0.1, 0.15) is 12.5 Å². The number of sulfonamides is 1. The van der Waals surface area contributed by atoms with E-state index in [2.05, 4.69) is 20.3 Å². The fraction of sp³-hybridized carbons (Fsp3) is 0.158. The van der Waals surface area contributed by atoms with Crippen molar-refractivity contribution in [1.29, 1.82) is 0 Å². The van der Waals surface area contributed by atoms with Gasteiger partial charge in [-0.1, -0.05) is 28.1 Å². The summed E-state index contributed by atoms with van der Waals surface area (Å²) in [7, 11) is -2.34. The summed E-state index contributed by atoms with van der Waals surface area (Å²) in [6, 6.07) is 13.4. The lowest BCUT2D eigenvalue weighted by molar-refractivity contribution is -0.122. The molecule has 0 aromatic heterocycles. The highest BCUT2D eigenvalue weighted by Gasteiger charge is 2.34. The van der Waals surface area contributed by atoms with Crippen LogP contribution in [0.2, 0.25) is 0 Å². The van der Waals surface area contributed by atoms with Crippen LogP contribution in [-0.2, 0) is 14.8 Å². The van der Waals surface area contributed by atoms with Gasteiger partial charge in [-0.2, -0.15) is 8.42 Å². The van der Waals surface area contributed by atoms with Gasteiger partial charge in [0, 0.05) is 11.0 Å². The molecule has 1 aliphatic rings. The summed E-state index contributed by atoms with van der Waals surface area (Å²) in [5.41, 5.74) is 0.810. The molecule has 0 atom stereocenters. The highest BCUT2D eigenvalue weighted by molar-refractivity contribution is 9.10. The van der Waals surface area contributed by atoms with Gasteiger partial charge in [-0.25, -0.2) is 0 Å². The molecule has 2 aromatic rings. The lowest BCUT2D eigenvalue weighted by Crippen LogP contribution is -2.29. The topological polar surface area (TPSA) is 76.0 Å². The van der Waals surface area contributed by atoms with Crippen molar-refractivity contribution < 1.29 is 17.9 Å². The number of benzene rings is 2. The van der Waals surface area contributed by atoms with Gasteiger partial charge in [0.05, 0.1) is 16.9 Å². The Bertz CT molecular complexity index is 1050. The van der Waals surface area contributed by atoms with Gasteiger partial charge in [0.25, 0.3) is 15.9 Å². The summed E-state index contributed by atoms with van der Waals surface area (Å²) in [4.78, 5) is 14.5. The van der Waals surface area contributed by atoms with Gasteiger partial charge in [0.15, 0.2) is 5.17 Å². The molecule has 6 nitrogen and oxygen atoms in total. The second-order valence-electron chi connectivity index (χ2n) is 5.74. The lowest BCUT2D eigenvalue weighted by atomic mass is 10.2. The average molecular weight is 481 g/mol. The van der Waals surface area contributed by atoms with Gasteiger partial charge >= 0.3 is 0 Å². The van der Waals surface area contributed by atoms with Gasteiger partial charge in [-0.15, -0.1) is 4.40 Å². The Morgan fingerprint density at radius 1 is 1.14 bits per heavy atom. The minimum Gasteiger partial charge on any atom is -0.497 e. The average Bonchev–Trinajstić information content (AvgIpc) is 2.96. The zero-order valence-corrected chi connectivity index (χ0v) is 18.3. The number of hydrogen-bond acceptors (Lipinski definition) is 5. The van der Waals surface area contributed by atoms with Crippen molar-refractivity contribution in [2.75, 3.05) is 13.7 Å². The highest BCUT2D eigenvalue weighted by atomic mass is 79.9. The van der Waals surface area contributed by atoms with E-state index in [0.29, 0.717) is 17.2 Å². The molecule has 0 saturated carbocycles. The highest BCUT2D eigenvalue weighted by Crippen LogP contribution is 2.33. The molecule has 1 fully saturated rings. The van der Waals surface area contributed by atoms with E-state index in [4.69, 9.17) is 4.74 Å². The smallest absolute Gasteiger partial charge is 0.284 e. The van der Waals surface area contributed by atoms with Crippen molar-refractivity contribution in [3.8, 4) is 5.75 Å². The third kappa shape index (κ3) is 4.48. The number of likely N-dealkylation sites (N-methyl/N-ethyl adjacent to an activating group) is 1. The molecular formula is C19H17BrN2O4S2. The largest absolute Gasteiger partial charge is 0.497 e. The number of hydrogen-bond donors (Lipinski definition) is 0. The van der Waals surface area contributed by atoms with Crippen LogP contribution in [0.15, 0.2) is 67.2 Å². The first-order valence-corrected chi connectivity index (χ1v) is 11.3.